The minimum Gasteiger partial charge on any atom is -0.319 e. The maximum atomic E-state index is 5.08. The molecule has 0 saturated heterocycles. The molecule has 0 aliphatic heterocycles. The third-order valence-corrected chi connectivity index (χ3v) is 12.9. The second kappa shape index (κ2) is 15.3. The molecule has 4 nitrogen and oxygen atoms in total. The number of rotatable bonds is 7. The molecule has 0 N–H and O–H groups in total. The number of hydrogen-bond acceptors (Lipinski definition) is 1. The van der Waals surface area contributed by atoms with Gasteiger partial charge in [0.05, 0.1) is 0 Å². The number of aromatic nitrogens is 4. The molecule has 11 aromatic rings. The average molecular weight is 989 g/mol. The molecule has 0 bridgehead atoms. The summed E-state index contributed by atoms with van der Waals surface area (Å²) >= 11 is 0. The van der Waals surface area contributed by atoms with Crippen LogP contribution in [-0.2, 0) is 26.5 Å². The SMILES string of the molecule is CC(C)c1ccccc1-c1ccnc(-n2c3[c-]c(C4(c5[c-]c(-n6[cH+]n(-c7ccccc7)c7ccccc76)ccc5)c5ccccc5-c5ccccc54)ccc3c3ccccc32)c1.[Pt]. The van der Waals surface area contributed by atoms with E-state index in [-0.39, 0.29) is 21.1 Å². The Balaban J connectivity index is 0.00000444. The zero-order valence-corrected chi connectivity index (χ0v) is 37.1. The van der Waals surface area contributed by atoms with Crippen LogP contribution < -0.4 is 0 Å². The summed E-state index contributed by atoms with van der Waals surface area (Å²) in [6.45, 7) is 4.52. The molecule has 1 aliphatic rings. The molecular formula is C58H41N4Pt-. The molecule has 0 spiro atoms. The number of benzene rings is 8. The van der Waals surface area contributed by atoms with Crippen LogP contribution in [0.3, 0.4) is 0 Å². The van der Waals surface area contributed by atoms with Crippen LogP contribution in [-0.4, -0.2) is 18.7 Å². The Bertz CT molecular complexity index is 3480. The first-order chi connectivity index (χ1) is 30.6. The van der Waals surface area contributed by atoms with Crippen molar-refractivity contribution >= 4 is 32.8 Å². The minimum atomic E-state index is -0.734. The largest absolute Gasteiger partial charge is 0.319 e. The van der Waals surface area contributed by atoms with Crippen molar-refractivity contribution in [3.05, 3.63) is 247 Å². The van der Waals surface area contributed by atoms with Gasteiger partial charge in [0, 0.05) is 56.0 Å². The van der Waals surface area contributed by atoms with Crippen LogP contribution in [0.5, 0.6) is 0 Å². The Morgan fingerprint density at radius 3 is 1.89 bits per heavy atom. The molecule has 3 heterocycles. The van der Waals surface area contributed by atoms with E-state index < -0.39 is 5.41 Å². The second-order valence-electron chi connectivity index (χ2n) is 16.6. The van der Waals surface area contributed by atoms with Crippen LogP contribution in [0.25, 0.3) is 72.3 Å². The first kappa shape index (κ1) is 38.8. The topological polar surface area (TPSA) is 27.7 Å². The smallest absolute Gasteiger partial charge is 0.168 e. The Morgan fingerprint density at radius 2 is 1.14 bits per heavy atom. The van der Waals surface area contributed by atoms with Gasteiger partial charge in [0.1, 0.15) is 11.5 Å². The molecule has 3 aromatic heterocycles. The van der Waals surface area contributed by atoms with Gasteiger partial charge in [0.15, 0.2) is 17.4 Å². The molecule has 5 heteroatoms. The quantitative estimate of drug-likeness (QED) is 0.146. The molecular weight excluding hydrogens is 948 g/mol. The van der Waals surface area contributed by atoms with Crippen molar-refractivity contribution in [3.8, 4) is 39.4 Å². The summed E-state index contributed by atoms with van der Waals surface area (Å²) in [6, 6.07) is 78.1. The standard InChI is InChI=1S/C58H41N4.Pt/c1-39(2)45-21-6-7-22-46(45)40-33-34-59-57(35-40)62-53-28-13-10-25-49(53)50-32-31-42(37-56(50)62)58(51-26-11-8-23-47(51)48-24-9-12-27-52(48)58)41-17-16-20-44(36-41)61-38-60(43-18-4-3-5-19-43)54-29-14-15-30-55(54)61;/h3-35,38-39H,1-2H3;/q-1;. The third kappa shape index (κ3) is 5.93. The zero-order chi connectivity index (χ0) is 41.4. The van der Waals surface area contributed by atoms with Crippen LogP contribution >= 0.6 is 0 Å². The second-order valence-corrected chi connectivity index (χ2v) is 16.6. The Morgan fingerprint density at radius 1 is 0.524 bits per heavy atom. The van der Waals surface area contributed by atoms with Crippen molar-refractivity contribution in [2.45, 2.75) is 25.2 Å². The molecule has 0 atom stereocenters. The first-order valence-electron chi connectivity index (χ1n) is 21.4. The number of nitrogens with zero attached hydrogens (tertiary/aromatic N) is 4. The van der Waals surface area contributed by atoms with Crippen LogP contribution in [0.1, 0.15) is 47.6 Å². The number of fused-ring (bicyclic) bond motifs is 7. The summed E-state index contributed by atoms with van der Waals surface area (Å²) in [6.07, 6.45) is 4.14. The summed E-state index contributed by atoms with van der Waals surface area (Å²) in [7, 11) is 0. The van der Waals surface area contributed by atoms with Crippen LogP contribution in [0.15, 0.2) is 207 Å². The van der Waals surface area contributed by atoms with Crippen LogP contribution in [0.2, 0.25) is 0 Å². The Kier molecular flexibility index (Phi) is 9.44. The van der Waals surface area contributed by atoms with E-state index in [4.69, 9.17) is 4.98 Å². The first-order valence-corrected chi connectivity index (χ1v) is 21.4. The molecule has 0 radical (unpaired) electrons. The third-order valence-electron chi connectivity index (χ3n) is 12.9. The molecule has 63 heavy (non-hydrogen) atoms. The van der Waals surface area contributed by atoms with Gasteiger partial charge in [0.2, 0.25) is 0 Å². The van der Waals surface area contributed by atoms with E-state index in [1.807, 2.05) is 6.20 Å². The maximum Gasteiger partial charge on any atom is 0.168 e. The van der Waals surface area contributed by atoms with E-state index in [2.05, 4.69) is 240 Å². The fourth-order valence-corrected chi connectivity index (χ4v) is 10.2. The molecule has 1 aliphatic carbocycles. The molecule has 0 saturated carbocycles. The summed E-state index contributed by atoms with van der Waals surface area (Å²) in [5.74, 6) is 1.25. The van der Waals surface area contributed by atoms with Gasteiger partial charge in [-0.15, -0.1) is 28.6 Å². The zero-order valence-electron chi connectivity index (χ0n) is 34.8. The van der Waals surface area contributed by atoms with Gasteiger partial charge in [-0.25, -0.2) is 9.55 Å². The predicted molar refractivity (Wildman–Crippen MR) is 254 cm³/mol. The molecule has 12 rings (SSSR count). The van der Waals surface area contributed by atoms with Gasteiger partial charge < -0.3 is 4.57 Å². The van der Waals surface area contributed by atoms with Crippen molar-refractivity contribution in [1.29, 1.82) is 0 Å². The van der Waals surface area contributed by atoms with Crippen molar-refractivity contribution in [2.24, 2.45) is 0 Å². The summed E-state index contributed by atoms with van der Waals surface area (Å²) in [4.78, 5) is 5.08. The number of hydrogen-bond donors (Lipinski definition) is 0. The Labute approximate surface area is 381 Å². The van der Waals surface area contributed by atoms with Gasteiger partial charge in [-0.1, -0.05) is 141 Å². The monoisotopic (exact) mass is 988 g/mol. The van der Waals surface area contributed by atoms with Crippen molar-refractivity contribution in [3.63, 3.8) is 0 Å². The molecule has 0 unspecified atom stereocenters. The van der Waals surface area contributed by atoms with Gasteiger partial charge in [-0.3, -0.25) is 0 Å². The van der Waals surface area contributed by atoms with E-state index in [1.54, 1.807) is 0 Å². The predicted octanol–water partition coefficient (Wildman–Crippen LogP) is 13.9. The van der Waals surface area contributed by atoms with Crippen LogP contribution in [0, 0.1) is 12.1 Å². The molecule has 8 aromatic carbocycles. The van der Waals surface area contributed by atoms with Gasteiger partial charge in [-0.2, -0.15) is 34.9 Å². The van der Waals surface area contributed by atoms with E-state index in [0.29, 0.717) is 5.92 Å². The maximum absolute atomic E-state index is 5.08. The van der Waals surface area contributed by atoms with Crippen molar-refractivity contribution < 1.29 is 21.1 Å². The molecule has 0 fully saturated rings. The Hall–Kier alpha value is -7.13. The van der Waals surface area contributed by atoms with Gasteiger partial charge in [-0.05, 0) is 80.6 Å². The summed E-state index contributed by atoms with van der Waals surface area (Å²) < 4.78 is 6.84. The van der Waals surface area contributed by atoms with Crippen LogP contribution in [0.4, 0.5) is 0 Å². The minimum absolute atomic E-state index is 0. The normalized spacial score (nSPS) is 12.7. The van der Waals surface area contributed by atoms with E-state index in [9.17, 15) is 0 Å². The van der Waals surface area contributed by atoms with E-state index >= 15 is 0 Å². The fourth-order valence-electron chi connectivity index (χ4n) is 10.2. The van der Waals surface area contributed by atoms with Gasteiger partial charge >= 0.3 is 0 Å². The van der Waals surface area contributed by atoms with Crippen molar-refractivity contribution in [2.75, 3.05) is 0 Å². The number of pyridine rings is 1. The van der Waals surface area contributed by atoms with E-state index in [1.165, 1.54) is 38.8 Å². The number of para-hydroxylation sites is 4. The summed E-state index contributed by atoms with van der Waals surface area (Å²) in [5.41, 5.74) is 16.3. The van der Waals surface area contributed by atoms with Crippen molar-refractivity contribution in [1.82, 2.24) is 18.7 Å². The molecule has 0 amide bonds. The number of imidazole rings is 1. The molecule has 304 valence electrons. The summed E-state index contributed by atoms with van der Waals surface area (Å²) in [5, 5.41) is 2.30. The average Bonchev–Trinajstić information content (AvgIpc) is 3.99. The van der Waals surface area contributed by atoms with E-state index in [0.717, 1.165) is 61.3 Å². The van der Waals surface area contributed by atoms with Gasteiger partial charge in [0.25, 0.3) is 0 Å². The fraction of sp³-hybridized carbons (Fsp3) is 0.0690.